The van der Waals surface area contributed by atoms with Gasteiger partial charge < -0.3 is 9.88 Å². The maximum Gasteiger partial charge on any atom is 0.127 e. The van der Waals surface area contributed by atoms with Crippen molar-refractivity contribution in [3.63, 3.8) is 0 Å². The van der Waals surface area contributed by atoms with Crippen LogP contribution in [-0.2, 0) is 13.6 Å². The van der Waals surface area contributed by atoms with Crippen LogP contribution in [0.4, 0.5) is 0 Å². The van der Waals surface area contributed by atoms with E-state index in [-0.39, 0.29) is 0 Å². The van der Waals surface area contributed by atoms with Crippen molar-refractivity contribution in [2.45, 2.75) is 12.6 Å². The van der Waals surface area contributed by atoms with Crippen LogP contribution >= 0.6 is 22.9 Å². The molecule has 1 fully saturated rings. The van der Waals surface area contributed by atoms with E-state index in [1.54, 1.807) is 0 Å². The second kappa shape index (κ2) is 7.30. The number of nitrogens with one attached hydrogen (secondary N) is 1. The van der Waals surface area contributed by atoms with E-state index in [1.165, 1.54) is 9.75 Å². The third kappa shape index (κ3) is 3.51. The lowest BCUT2D eigenvalue weighted by Gasteiger charge is -2.35. The van der Waals surface area contributed by atoms with Crippen molar-refractivity contribution < 1.29 is 0 Å². The van der Waals surface area contributed by atoms with Crippen molar-refractivity contribution in [2.75, 3.05) is 19.6 Å². The molecule has 1 saturated heterocycles. The van der Waals surface area contributed by atoms with Gasteiger partial charge in [-0.05, 0) is 18.2 Å². The van der Waals surface area contributed by atoms with Gasteiger partial charge >= 0.3 is 0 Å². The molecule has 1 atom stereocenters. The first kappa shape index (κ1) is 16.8. The first-order valence-corrected chi connectivity index (χ1v) is 9.67. The Labute approximate surface area is 157 Å². The lowest BCUT2D eigenvalue weighted by molar-refractivity contribution is 0.146. The van der Waals surface area contributed by atoms with E-state index >= 15 is 0 Å². The summed E-state index contributed by atoms with van der Waals surface area (Å²) in [6.07, 6.45) is 3.89. The molecular formula is C19H21ClN4S. The van der Waals surface area contributed by atoms with Gasteiger partial charge in [-0.3, -0.25) is 4.90 Å². The molecule has 0 spiro atoms. The number of aromatic nitrogens is 2. The summed E-state index contributed by atoms with van der Waals surface area (Å²) in [6, 6.07) is 12.7. The first-order valence-electron chi connectivity index (χ1n) is 8.48. The Hall–Kier alpha value is -1.66. The Morgan fingerprint density at radius 2 is 2.16 bits per heavy atom. The van der Waals surface area contributed by atoms with Gasteiger partial charge in [0.05, 0.1) is 6.04 Å². The van der Waals surface area contributed by atoms with Gasteiger partial charge in [0.1, 0.15) is 5.82 Å². The fourth-order valence-corrected chi connectivity index (χ4v) is 4.72. The number of piperazine rings is 1. The summed E-state index contributed by atoms with van der Waals surface area (Å²) in [7, 11) is 2.07. The van der Waals surface area contributed by atoms with E-state index in [0.29, 0.717) is 6.04 Å². The zero-order valence-corrected chi connectivity index (χ0v) is 15.7. The molecule has 1 aliphatic rings. The standard InChI is InChI=1S/C19H21ClN4S/c1-23-10-9-22-19(23)17-12-21-8-11-24(17)13-14-6-7-18(25-14)15-4-2-3-5-16(15)20/h2-7,9-10,17,21H,8,11-13H2,1H3. The highest BCUT2D eigenvalue weighted by atomic mass is 35.5. The van der Waals surface area contributed by atoms with E-state index in [1.807, 2.05) is 41.9 Å². The SMILES string of the molecule is Cn1ccnc1C1CNCCN1Cc1ccc(-c2ccccc2Cl)s1. The van der Waals surface area contributed by atoms with Crippen LogP contribution < -0.4 is 5.32 Å². The number of rotatable bonds is 4. The molecule has 1 aliphatic heterocycles. The fourth-order valence-electron chi connectivity index (χ4n) is 3.36. The number of halogens is 1. The molecule has 0 saturated carbocycles. The lowest BCUT2D eigenvalue weighted by Crippen LogP contribution is -2.46. The van der Waals surface area contributed by atoms with Crippen molar-refractivity contribution in [3.05, 3.63) is 64.5 Å². The van der Waals surface area contributed by atoms with Gasteiger partial charge in [0.15, 0.2) is 0 Å². The van der Waals surface area contributed by atoms with Gasteiger partial charge in [-0.1, -0.05) is 29.8 Å². The van der Waals surface area contributed by atoms with Crippen LogP contribution in [0.3, 0.4) is 0 Å². The largest absolute Gasteiger partial charge is 0.337 e. The molecular weight excluding hydrogens is 352 g/mol. The average Bonchev–Trinajstić information content (AvgIpc) is 3.25. The molecule has 4 rings (SSSR count). The predicted octanol–water partition coefficient (Wildman–Crippen LogP) is 3.95. The number of imidazole rings is 1. The van der Waals surface area contributed by atoms with Crippen molar-refractivity contribution in [3.8, 4) is 10.4 Å². The summed E-state index contributed by atoms with van der Waals surface area (Å²) in [5.74, 6) is 1.12. The highest BCUT2D eigenvalue weighted by molar-refractivity contribution is 7.15. The van der Waals surface area contributed by atoms with Gasteiger partial charge in [0, 0.05) is 66.0 Å². The number of thiophene rings is 1. The van der Waals surface area contributed by atoms with Crippen LogP contribution in [0, 0.1) is 0 Å². The Morgan fingerprint density at radius 3 is 2.96 bits per heavy atom. The third-order valence-corrected chi connectivity index (χ3v) is 6.10. The number of aryl methyl sites for hydroxylation is 1. The zero-order chi connectivity index (χ0) is 17.2. The second-order valence-corrected chi connectivity index (χ2v) is 7.91. The van der Waals surface area contributed by atoms with Crippen LogP contribution in [-0.4, -0.2) is 34.1 Å². The minimum atomic E-state index is 0.305. The molecule has 3 aromatic rings. The van der Waals surface area contributed by atoms with Crippen LogP contribution in [0.25, 0.3) is 10.4 Å². The molecule has 1 aromatic carbocycles. The average molecular weight is 373 g/mol. The summed E-state index contributed by atoms with van der Waals surface area (Å²) >= 11 is 8.17. The van der Waals surface area contributed by atoms with Crippen LogP contribution in [0.2, 0.25) is 5.02 Å². The molecule has 0 aliphatic carbocycles. The van der Waals surface area contributed by atoms with Gasteiger partial charge in [0.2, 0.25) is 0 Å². The molecule has 0 amide bonds. The predicted molar refractivity (Wildman–Crippen MR) is 104 cm³/mol. The number of hydrogen-bond donors (Lipinski definition) is 1. The highest BCUT2D eigenvalue weighted by Crippen LogP contribution is 2.34. The van der Waals surface area contributed by atoms with Crippen LogP contribution in [0.15, 0.2) is 48.8 Å². The maximum absolute atomic E-state index is 6.35. The smallest absolute Gasteiger partial charge is 0.127 e. The summed E-state index contributed by atoms with van der Waals surface area (Å²) in [5.41, 5.74) is 1.11. The van der Waals surface area contributed by atoms with E-state index < -0.39 is 0 Å². The lowest BCUT2D eigenvalue weighted by atomic mass is 10.1. The quantitative estimate of drug-likeness (QED) is 0.752. The van der Waals surface area contributed by atoms with Crippen molar-refractivity contribution in [1.29, 1.82) is 0 Å². The molecule has 1 unspecified atom stereocenters. The maximum atomic E-state index is 6.35. The van der Waals surface area contributed by atoms with Gasteiger partial charge in [-0.2, -0.15) is 0 Å². The summed E-state index contributed by atoms with van der Waals surface area (Å²) in [4.78, 5) is 9.66. The minimum absolute atomic E-state index is 0.305. The monoisotopic (exact) mass is 372 g/mol. The van der Waals surface area contributed by atoms with Gasteiger partial charge in [-0.25, -0.2) is 4.98 Å². The normalized spacial score (nSPS) is 18.6. The minimum Gasteiger partial charge on any atom is -0.337 e. The Balaban J connectivity index is 1.55. The molecule has 25 heavy (non-hydrogen) atoms. The Morgan fingerprint density at radius 1 is 1.28 bits per heavy atom. The molecule has 4 nitrogen and oxygen atoms in total. The zero-order valence-electron chi connectivity index (χ0n) is 14.2. The van der Waals surface area contributed by atoms with Crippen molar-refractivity contribution in [1.82, 2.24) is 19.8 Å². The number of nitrogens with zero attached hydrogens (tertiary/aromatic N) is 3. The molecule has 130 valence electrons. The van der Waals surface area contributed by atoms with E-state index in [2.05, 4.69) is 45.0 Å². The summed E-state index contributed by atoms with van der Waals surface area (Å²) in [5, 5.41) is 4.30. The Bertz CT molecular complexity index is 856. The fraction of sp³-hybridized carbons (Fsp3) is 0.316. The molecule has 0 radical (unpaired) electrons. The van der Waals surface area contributed by atoms with E-state index in [0.717, 1.165) is 42.6 Å². The molecule has 2 aromatic heterocycles. The topological polar surface area (TPSA) is 33.1 Å². The molecule has 3 heterocycles. The second-order valence-electron chi connectivity index (χ2n) is 6.33. The van der Waals surface area contributed by atoms with E-state index in [9.17, 15) is 0 Å². The highest BCUT2D eigenvalue weighted by Gasteiger charge is 2.27. The summed E-state index contributed by atoms with van der Waals surface area (Å²) < 4.78 is 2.12. The molecule has 6 heteroatoms. The third-order valence-electron chi connectivity index (χ3n) is 4.67. The Kier molecular flexibility index (Phi) is 4.90. The van der Waals surface area contributed by atoms with Crippen LogP contribution in [0.1, 0.15) is 16.7 Å². The van der Waals surface area contributed by atoms with Gasteiger partial charge in [0.25, 0.3) is 0 Å². The van der Waals surface area contributed by atoms with E-state index in [4.69, 9.17) is 11.6 Å². The number of benzene rings is 1. The van der Waals surface area contributed by atoms with Crippen molar-refractivity contribution >= 4 is 22.9 Å². The number of hydrogen-bond acceptors (Lipinski definition) is 4. The molecule has 0 bridgehead atoms. The first-order chi connectivity index (χ1) is 12.2. The summed E-state index contributed by atoms with van der Waals surface area (Å²) in [6.45, 7) is 3.92. The van der Waals surface area contributed by atoms with Crippen molar-refractivity contribution in [2.24, 2.45) is 7.05 Å². The van der Waals surface area contributed by atoms with Crippen LogP contribution in [0.5, 0.6) is 0 Å². The van der Waals surface area contributed by atoms with Gasteiger partial charge in [-0.15, -0.1) is 11.3 Å². The molecule has 1 N–H and O–H groups in total.